The van der Waals surface area contributed by atoms with Gasteiger partial charge >= 0.3 is 0 Å². The molecule has 0 aliphatic heterocycles. The highest BCUT2D eigenvalue weighted by atomic mass is 16.5. The lowest BCUT2D eigenvalue weighted by Gasteiger charge is -2.13. The average Bonchev–Trinajstić information content (AvgIpc) is 2.89. The number of hydrogen-bond donors (Lipinski definition) is 0. The molecule has 22 heavy (non-hydrogen) atoms. The average molecular weight is 295 g/mol. The molecule has 0 fully saturated rings. The van der Waals surface area contributed by atoms with Gasteiger partial charge in [-0.25, -0.2) is 4.98 Å². The van der Waals surface area contributed by atoms with Crippen molar-refractivity contribution < 1.29 is 4.74 Å². The molecule has 1 aromatic heterocycles. The Balaban J connectivity index is 1.85. The molecule has 0 N–H and O–H groups in total. The second-order valence-electron chi connectivity index (χ2n) is 5.57. The summed E-state index contributed by atoms with van der Waals surface area (Å²) in [4.78, 5) is 6.90. The summed E-state index contributed by atoms with van der Waals surface area (Å²) in [5.41, 5.74) is 2.18. The molecule has 1 heterocycles. The fourth-order valence-corrected chi connectivity index (χ4v) is 2.45. The van der Waals surface area contributed by atoms with Crippen LogP contribution in [-0.4, -0.2) is 35.1 Å². The van der Waals surface area contributed by atoms with E-state index in [1.807, 2.05) is 42.5 Å². The Morgan fingerprint density at radius 2 is 1.73 bits per heavy atom. The highest BCUT2D eigenvalue weighted by Gasteiger charge is 2.11. The van der Waals surface area contributed by atoms with Crippen LogP contribution < -0.4 is 4.74 Å². The summed E-state index contributed by atoms with van der Waals surface area (Å²) in [6, 6.07) is 18.1. The molecule has 4 nitrogen and oxygen atoms in total. The van der Waals surface area contributed by atoms with Gasteiger partial charge in [-0.2, -0.15) is 0 Å². The van der Waals surface area contributed by atoms with Crippen molar-refractivity contribution in [3.8, 4) is 5.75 Å². The van der Waals surface area contributed by atoms with Crippen molar-refractivity contribution >= 4 is 11.0 Å². The number of hydrogen-bond acceptors (Lipinski definition) is 3. The first-order valence-corrected chi connectivity index (χ1v) is 7.51. The molecule has 2 aromatic carbocycles. The van der Waals surface area contributed by atoms with Crippen molar-refractivity contribution in [1.82, 2.24) is 14.5 Å². The van der Waals surface area contributed by atoms with Gasteiger partial charge in [-0.15, -0.1) is 0 Å². The molecule has 0 saturated carbocycles. The van der Waals surface area contributed by atoms with E-state index in [4.69, 9.17) is 9.72 Å². The summed E-state index contributed by atoms with van der Waals surface area (Å²) in [7, 11) is 4.17. The zero-order chi connectivity index (χ0) is 15.4. The number of imidazole rings is 1. The van der Waals surface area contributed by atoms with Gasteiger partial charge in [0.25, 0.3) is 0 Å². The fourth-order valence-electron chi connectivity index (χ4n) is 2.45. The van der Waals surface area contributed by atoms with E-state index in [-0.39, 0.29) is 0 Å². The van der Waals surface area contributed by atoms with Gasteiger partial charge in [0, 0.05) is 13.1 Å². The van der Waals surface area contributed by atoms with E-state index < -0.39 is 0 Å². The summed E-state index contributed by atoms with van der Waals surface area (Å²) in [5, 5.41) is 0. The highest BCUT2D eigenvalue weighted by Crippen LogP contribution is 2.18. The van der Waals surface area contributed by atoms with Crippen molar-refractivity contribution in [2.75, 3.05) is 20.6 Å². The van der Waals surface area contributed by atoms with Gasteiger partial charge in [0.05, 0.1) is 11.0 Å². The smallest absolute Gasteiger partial charge is 0.148 e. The van der Waals surface area contributed by atoms with Crippen molar-refractivity contribution in [3.63, 3.8) is 0 Å². The van der Waals surface area contributed by atoms with Gasteiger partial charge in [0.15, 0.2) is 0 Å². The van der Waals surface area contributed by atoms with Crippen LogP contribution in [0.15, 0.2) is 54.6 Å². The van der Waals surface area contributed by atoms with E-state index in [0.717, 1.165) is 35.7 Å². The molecule has 4 heteroatoms. The number of ether oxygens (including phenoxy) is 1. The Hall–Kier alpha value is -2.33. The first kappa shape index (κ1) is 14.6. The standard InChI is InChI=1S/C18H21N3O/c1-20(2)12-13-21-17-11-7-6-10-16(17)19-18(21)14-22-15-8-4-3-5-9-15/h3-11H,12-14H2,1-2H3. The van der Waals surface area contributed by atoms with Crippen LogP contribution in [0.2, 0.25) is 0 Å². The number of para-hydroxylation sites is 3. The maximum absolute atomic E-state index is 5.87. The van der Waals surface area contributed by atoms with E-state index >= 15 is 0 Å². The van der Waals surface area contributed by atoms with Crippen LogP contribution in [0.4, 0.5) is 0 Å². The molecule has 0 spiro atoms. The molecule has 0 atom stereocenters. The van der Waals surface area contributed by atoms with E-state index in [1.165, 1.54) is 0 Å². The van der Waals surface area contributed by atoms with Crippen LogP contribution in [0, 0.1) is 0 Å². The number of likely N-dealkylation sites (N-methyl/N-ethyl adjacent to an activating group) is 1. The number of fused-ring (bicyclic) bond motifs is 1. The maximum Gasteiger partial charge on any atom is 0.148 e. The molecule has 0 saturated heterocycles. The lowest BCUT2D eigenvalue weighted by molar-refractivity contribution is 0.286. The van der Waals surface area contributed by atoms with Crippen molar-refractivity contribution in [2.45, 2.75) is 13.2 Å². The lowest BCUT2D eigenvalue weighted by atomic mass is 10.3. The minimum atomic E-state index is 0.478. The molecule has 0 aliphatic rings. The maximum atomic E-state index is 5.87. The quantitative estimate of drug-likeness (QED) is 0.699. The zero-order valence-corrected chi connectivity index (χ0v) is 13.1. The second kappa shape index (κ2) is 6.62. The summed E-state index contributed by atoms with van der Waals surface area (Å²) in [5.74, 6) is 1.83. The summed E-state index contributed by atoms with van der Waals surface area (Å²) < 4.78 is 8.12. The topological polar surface area (TPSA) is 30.3 Å². The molecule has 0 aliphatic carbocycles. The highest BCUT2D eigenvalue weighted by molar-refractivity contribution is 5.75. The van der Waals surface area contributed by atoms with Crippen LogP contribution in [0.1, 0.15) is 5.82 Å². The van der Waals surface area contributed by atoms with Gasteiger partial charge in [-0.3, -0.25) is 0 Å². The van der Waals surface area contributed by atoms with Gasteiger partial charge < -0.3 is 14.2 Å². The summed E-state index contributed by atoms with van der Waals surface area (Å²) in [6.45, 7) is 2.35. The number of aromatic nitrogens is 2. The number of rotatable bonds is 6. The Kier molecular flexibility index (Phi) is 4.39. The van der Waals surface area contributed by atoms with Crippen LogP contribution >= 0.6 is 0 Å². The summed E-state index contributed by atoms with van der Waals surface area (Å²) in [6.07, 6.45) is 0. The van der Waals surface area contributed by atoms with Gasteiger partial charge in [0.1, 0.15) is 18.2 Å². The summed E-state index contributed by atoms with van der Waals surface area (Å²) >= 11 is 0. The lowest BCUT2D eigenvalue weighted by Crippen LogP contribution is -2.20. The molecule has 0 radical (unpaired) electrons. The third kappa shape index (κ3) is 3.28. The van der Waals surface area contributed by atoms with Gasteiger partial charge in [-0.05, 0) is 38.4 Å². The molecule has 0 unspecified atom stereocenters. The van der Waals surface area contributed by atoms with Crippen molar-refractivity contribution in [2.24, 2.45) is 0 Å². The molecule has 0 bridgehead atoms. The normalized spacial score (nSPS) is 11.2. The van der Waals surface area contributed by atoms with Crippen LogP contribution in [-0.2, 0) is 13.2 Å². The first-order valence-electron chi connectivity index (χ1n) is 7.51. The molecule has 114 valence electrons. The molecule has 3 rings (SSSR count). The van der Waals surface area contributed by atoms with Crippen LogP contribution in [0.5, 0.6) is 5.75 Å². The number of nitrogens with zero attached hydrogens (tertiary/aromatic N) is 3. The monoisotopic (exact) mass is 295 g/mol. The minimum Gasteiger partial charge on any atom is -0.486 e. The Morgan fingerprint density at radius 3 is 2.50 bits per heavy atom. The molecular weight excluding hydrogens is 274 g/mol. The van der Waals surface area contributed by atoms with E-state index in [1.54, 1.807) is 0 Å². The third-order valence-corrected chi connectivity index (χ3v) is 3.62. The second-order valence-corrected chi connectivity index (χ2v) is 5.57. The van der Waals surface area contributed by atoms with E-state index in [0.29, 0.717) is 6.61 Å². The first-order chi connectivity index (χ1) is 10.7. The fraction of sp³-hybridized carbons (Fsp3) is 0.278. The SMILES string of the molecule is CN(C)CCn1c(COc2ccccc2)nc2ccccc21. The molecular formula is C18H21N3O. The van der Waals surface area contributed by atoms with Crippen LogP contribution in [0.3, 0.4) is 0 Å². The van der Waals surface area contributed by atoms with Crippen molar-refractivity contribution in [3.05, 3.63) is 60.4 Å². The van der Waals surface area contributed by atoms with Crippen LogP contribution in [0.25, 0.3) is 11.0 Å². The minimum absolute atomic E-state index is 0.478. The predicted octanol–water partition coefficient (Wildman–Crippen LogP) is 3.18. The predicted molar refractivity (Wildman–Crippen MR) is 89.1 cm³/mol. The van der Waals surface area contributed by atoms with E-state index in [2.05, 4.69) is 35.7 Å². The Bertz CT molecular complexity index is 734. The number of benzene rings is 2. The van der Waals surface area contributed by atoms with E-state index in [9.17, 15) is 0 Å². The Labute approximate surface area is 131 Å². The largest absolute Gasteiger partial charge is 0.486 e. The van der Waals surface area contributed by atoms with Crippen molar-refractivity contribution in [1.29, 1.82) is 0 Å². The molecule has 3 aromatic rings. The van der Waals surface area contributed by atoms with Gasteiger partial charge in [-0.1, -0.05) is 30.3 Å². The third-order valence-electron chi connectivity index (χ3n) is 3.62. The van der Waals surface area contributed by atoms with Gasteiger partial charge in [0.2, 0.25) is 0 Å². The zero-order valence-electron chi connectivity index (χ0n) is 13.1. The Morgan fingerprint density at radius 1 is 1.00 bits per heavy atom. The molecule has 0 amide bonds.